The molecule has 1 aliphatic rings. The Balaban J connectivity index is 1.53. The number of hydrogen-bond donors (Lipinski definition) is 1. The summed E-state index contributed by atoms with van der Waals surface area (Å²) >= 11 is 0. The first kappa shape index (κ1) is 13.5. The van der Waals surface area contributed by atoms with Crippen molar-refractivity contribution in [1.82, 2.24) is 24.9 Å². The molecule has 110 valence electrons. The summed E-state index contributed by atoms with van der Waals surface area (Å²) in [5.74, 6) is -0.453. The van der Waals surface area contributed by atoms with E-state index < -0.39 is 5.97 Å². The monoisotopic (exact) mass is 289 g/mol. The lowest BCUT2D eigenvalue weighted by Crippen LogP contribution is -2.47. The first-order valence-electron chi connectivity index (χ1n) is 6.52. The molecule has 1 saturated heterocycles. The van der Waals surface area contributed by atoms with Gasteiger partial charge in [-0.1, -0.05) is 11.3 Å². The highest BCUT2D eigenvalue weighted by molar-refractivity contribution is 5.84. The van der Waals surface area contributed by atoms with E-state index in [1.54, 1.807) is 18.0 Å². The van der Waals surface area contributed by atoms with E-state index in [1.165, 1.54) is 6.20 Å². The molecule has 0 atom stereocenters. The third-order valence-electron chi connectivity index (χ3n) is 3.45. The second-order valence-electron chi connectivity index (χ2n) is 4.95. The van der Waals surface area contributed by atoms with Gasteiger partial charge < -0.3 is 9.84 Å². The first-order chi connectivity index (χ1) is 10.2. The van der Waals surface area contributed by atoms with Gasteiger partial charge in [-0.25, -0.2) is 14.5 Å². The number of likely N-dealkylation sites (tertiary alicyclic amines) is 1. The molecule has 2 aromatic rings. The van der Waals surface area contributed by atoms with Crippen LogP contribution in [0.25, 0.3) is 0 Å². The number of aromatic carboxylic acids is 1. The van der Waals surface area contributed by atoms with E-state index in [-0.39, 0.29) is 11.7 Å². The Bertz CT molecular complexity index is 634. The maximum absolute atomic E-state index is 10.8. The summed E-state index contributed by atoms with van der Waals surface area (Å²) in [5, 5.41) is 16.3. The van der Waals surface area contributed by atoms with Crippen molar-refractivity contribution < 1.29 is 14.6 Å². The molecule has 21 heavy (non-hydrogen) atoms. The lowest BCUT2D eigenvalue weighted by atomic mass is 10.1. The number of nitrogens with zero attached hydrogens (tertiary/aromatic N) is 5. The van der Waals surface area contributed by atoms with Gasteiger partial charge in [0.1, 0.15) is 0 Å². The molecule has 1 aliphatic heterocycles. The molecule has 0 saturated carbocycles. The molecule has 1 N–H and O–H groups in total. The molecule has 8 nitrogen and oxygen atoms in total. The van der Waals surface area contributed by atoms with E-state index in [0.717, 1.165) is 25.2 Å². The van der Waals surface area contributed by atoms with Gasteiger partial charge in [-0.3, -0.25) is 4.90 Å². The highest BCUT2D eigenvalue weighted by Crippen LogP contribution is 2.22. The molecular weight excluding hydrogens is 274 g/mol. The Kier molecular flexibility index (Phi) is 3.53. The highest BCUT2D eigenvalue weighted by Gasteiger charge is 2.29. The third-order valence-corrected chi connectivity index (χ3v) is 3.45. The van der Waals surface area contributed by atoms with E-state index >= 15 is 0 Å². The Hall–Kier alpha value is -2.48. The van der Waals surface area contributed by atoms with E-state index in [4.69, 9.17) is 9.84 Å². The Morgan fingerprint density at radius 2 is 2.29 bits per heavy atom. The van der Waals surface area contributed by atoms with Gasteiger partial charge in [-0.15, -0.1) is 5.10 Å². The molecule has 0 aromatic carbocycles. The number of carboxylic acids is 1. The van der Waals surface area contributed by atoms with Crippen molar-refractivity contribution in [2.24, 2.45) is 0 Å². The minimum atomic E-state index is -1.05. The molecule has 0 spiro atoms. The maximum atomic E-state index is 10.8. The summed E-state index contributed by atoms with van der Waals surface area (Å²) in [6.07, 6.45) is 3.27. The third kappa shape index (κ3) is 2.84. The normalized spacial score (nSPS) is 15.7. The zero-order valence-electron chi connectivity index (χ0n) is 11.5. The predicted octanol–water partition coefficient (Wildman–Crippen LogP) is 0.437. The number of carboxylic acid groups (broad SMARTS) is 1. The number of rotatable bonds is 5. The van der Waals surface area contributed by atoms with Gasteiger partial charge in [0.2, 0.25) is 5.88 Å². The molecule has 8 heteroatoms. The Labute approximate surface area is 121 Å². The fourth-order valence-corrected chi connectivity index (χ4v) is 2.28. The molecule has 0 bridgehead atoms. The largest absolute Gasteiger partial charge is 0.481 e. The standard InChI is InChI=1S/C13H15N5O3/c1-21-12-3-2-9(4-14-12)5-17-6-10(7-17)18-8-11(13(19)20)15-16-18/h2-4,8,10H,5-7H2,1H3,(H,19,20). The van der Waals surface area contributed by atoms with Gasteiger partial charge in [0, 0.05) is 31.9 Å². The van der Waals surface area contributed by atoms with Crippen LogP contribution in [0.4, 0.5) is 0 Å². The second-order valence-corrected chi connectivity index (χ2v) is 4.95. The van der Waals surface area contributed by atoms with Gasteiger partial charge >= 0.3 is 5.97 Å². The van der Waals surface area contributed by atoms with E-state index in [2.05, 4.69) is 20.2 Å². The minimum Gasteiger partial charge on any atom is -0.481 e. The number of hydrogen-bond acceptors (Lipinski definition) is 6. The van der Waals surface area contributed by atoms with E-state index in [0.29, 0.717) is 5.88 Å². The fourth-order valence-electron chi connectivity index (χ4n) is 2.28. The van der Waals surface area contributed by atoms with Gasteiger partial charge in [0.05, 0.1) is 19.3 Å². The maximum Gasteiger partial charge on any atom is 0.358 e. The van der Waals surface area contributed by atoms with Crippen LogP contribution in [0.3, 0.4) is 0 Å². The van der Waals surface area contributed by atoms with Crippen molar-refractivity contribution in [3.05, 3.63) is 35.8 Å². The van der Waals surface area contributed by atoms with Crippen LogP contribution in [0.5, 0.6) is 5.88 Å². The lowest BCUT2D eigenvalue weighted by Gasteiger charge is -2.38. The fraction of sp³-hybridized carbons (Fsp3) is 0.385. The van der Waals surface area contributed by atoms with Crippen molar-refractivity contribution in [3.63, 3.8) is 0 Å². The molecular formula is C13H15N5O3. The smallest absolute Gasteiger partial charge is 0.358 e. The van der Waals surface area contributed by atoms with Crippen LogP contribution in [0.2, 0.25) is 0 Å². The molecule has 2 aromatic heterocycles. The highest BCUT2D eigenvalue weighted by atomic mass is 16.5. The summed E-state index contributed by atoms with van der Waals surface area (Å²) in [6.45, 7) is 2.43. The predicted molar refractivity (Wildman–Crippen MR) is 72.1 cm³/mol. The van der Waals surface area contributed by atoms with Crippen molar-refractivity contribution in [1.29, 1.82) is 0 Å². The topological polar surface area (TPSA) is 93.4 Å². The number of methoxy groups -OCH3 is 1. The van der Waals surface area contributed by atoms with Crippen LogP contribution in [0, 0.1) is 0 Å². The van der Waals surface area contributed by atoms with Crippen LogP contribution in [-0.4, -0.2) is 56.2 Å². The summed E-state index contributed by atoms with van der Waals surface area (Å²) in [6, 6.07) is 4.00. The molecule has 1 fully saturated rings. The summed E-state index contributed by atoms with van der Waals surface area (Å²) < 4.78 is 6.64. The van der Waals surface area contributed by atoms with Gasteiger partial charge in [0.15, 0.2) is 5.69 Å². The van der Waals surface area contributed by atoms with E-state index in [9.17, 15) is 4.79 Å². The SMILES string of the molecule is COc1ccc(CN2CC(n3cc(C(=O)O)nn3)C2)cn1. The molecule has 0 amide bonds. The van der Waals surface area contributed by atoms with Gasteiger partial charge in [0.25, 0.3) is 0 Å². The number of pyridine rings is 1. The van der Waals surface area contributed by atoms with Crippen LogP contribution in [0.1, 0.15) is 22.1 Å². The van der Waals surface area contributed by atoms with Crippen molar-refractivity contribution >= 4 is 5.97 Å². The van der Waals surface area contributed by atoms with Crippen LogP contribution >= 0.6 is 0 Å². The average Bonchev–Trinajstić information content (AvgIpc) is 2.92. The van der Waals surface area contributed by atoms with Gasteiger partial charge in [-0.05, 0) is 5.56 Å². The molecule has 3 rings (SSSR count). The number of ether oxygens (including phenoxy) is 1. The Morgan fingerprint density at radius 1 is 1.48 bits per heavy atom. The van der Waals surface area contributed by atoms with Gasteiger partial charge in [-0.2, -0.15) is 0 Å². The van der Waals surface area contributed by atoms with Crippen LogP contribution < -0.4 is 4.74 Å². The Morgan fingerprint density at radius 3 is 2.86 bits per heavy atom. The van der Waals surface area contributed by atoms with Crippen LogP contribution in [-0.2, 0) is 6.54 Å². The van der Waals surface area contributed by atoms with Crippen molar-refractivity contribution in [2.45, 2.75) is 12.6 Å². The molecule has 0 radical (unpaired) electrons. The summed E-state index contributed by atoms with van der Waals surface area (Å²) in [4.78, 5) is 17.2. The minimum absolute atomic E-state index is 0.0206. The molecule has 3 heterocycles. The zero-order chi connectivity index (χ0) is 14.8. The van der Waals surface area contributed by atoms with Crippen molar-refractivity contribution in [3.8, 4) is 5.88 Å². The average molecular weight is 289 g/mol. The lowest BCUT2D eigenvalue weighted by molar-refractivity contribution is 0.0690. The quantitative estimate of drug-likeness (QED) is 0.853. The first-order valence-corrected chi connectivity index (χ1v) is 6.52. The van der Waals surface area contributed by atoms with E-state index in [1.807, 2.05) is 12.1 Å². The summed E-state index contributed by atoms with van der Waals surface area (Å²) in [5.41, 5.74) is 1.09. The molecule has 0 aliphatic carbocycles. The number of carbonyl (C=O) groups is 1. The molecule has 0 unspecified atom stereocenters. The second kappa shape index (κ2) is 5.49. The van der Waals surface area contributed by atoms with Crippen LogP contribution in [0.15, 0.2) is 24.5 Å². The zero-order valence-corrected chi connectivity index (χ0v) is 11.5. The number of aromatic nitrogens is 4. The summed E-state index contributed by atoms with van der Waals surface area (Å²) in [7, 11) is 1.59. The van der Waals surface area contributed by atoms with Crippen molar-refractivity contribution in [2.75, 3.05) is 20.2 Å².